The largest absolute Gasteiger partial charge is 0.338 e. The first-order valence-electron chi connectivity index (χ1n) is 4.50. The lowest BCUT2D eigenvalue weighted by Crippen LogP contribution is -2.45. The van der Waals surface area contributed by atoms with Crippen molar-refractivity contribution in [2.75, 3.05) is 19.6 Å². The molecular weight excluding hydrogens is 154 g/mol. The van der Waals surface area contributed by atoms with E-state index in [9.17, 15) is 4.79 Å². The van der Waals surface area contributed by atoms with E-state index >= 15 is 0 Å². The van der Waals surface area contributed by atoms with Crippen LogP contribution in [0.4, 0.5) is 4.79 Å². The number of piperidine rings is 1. The molecule has 0 bridgehead atoms. The fourth-order valence-corrected chi connectivity index (χ4v) is 1.29. The van der Waals surface area contributed by atoms with Crippen molar-refractivity contribution in [3.05, 3.63) is 0 Å². The lowest BCUT2D eigenvalue weighted by atomic mass is 10.1. The molecule has 0 spiro atoms. The lowest BCUT2D eigenvalue weighted by Gasteiger charge is -2.22. The average Bonchev–Trinajstić information content (AvgIpc) is 2.06. The fraction of sp³-hybridized carbons (Fsp3) is 0.875. The van der Waals surface area contributed by atoms with Gasteiger partial charge in [0.1, 0.15) is 0 Å². The maximum absolute atomic E-state index is 11.1. The Kier molecular flexibility index (Phi) is 3.87. The van der Waals surface area contributed by atoms with Crippen molar-refractivity contribution >= 4 is 6.03 Å². The topological polar surface area (TPSA) is 55.2 Å². The first-order valence-corrected chi connectivity index (χ1v) is 4.50. The van der Waals surface area contributed by atoms with Crippen molar-refractivity contribution in [1.82, 2.24) is 16.0 Å². The van der Waals surface area contributed by atoms with Crippen LogP contribution in [0.3, 0.4) is 0 Å². The average molecular weight is 170 g/mol. The van der Waals surface area contributed by atoms with Crippen LogP contribution in [0, 0.1) is 0 Å². The van der Waals surface area contributed by atoms with Crippen LogP contribution < -0.4 is 16.0 Å². The maximum atomic E-state index is 11.1. The number of hydrogen-bond donors (Lipinski definition) is 2. The highest BCUT2D eigenvalue weighted by molar-refractivity contribution is 5.74. The van der Waals surface area contributed by atoms with Crippen molar-refractivity contribution in [2.45, 2.75) is 25.8 Å². The molecule has 1 rings (SSSR count). The fourth-order valence-electron chi connectivity index (χ4n) is 1.29. The third-order valence-electron chi connectivity index (χ3n) is 1.94. The molecule has 1 saturated heterocycles. The van der Waals surface area contributed by atoms with Gasteiger partial charge in [0.15, 0.2) is 0 Å². The van der Waals surface area contributed by atoms with Gasteiger partial charge in [0, 0.05) is 25.7 Å². The molecular formula is C8H16N3O. The van der Waals surface area contributed by atoms with Crippen molar-refractivity contribution in [1.29, 1.82) is 0 Å². The standard InChI is InChI=1S/C8H16N3O/c1-2-10-8(12)11-7-3-5-9-6-4-7/h7H,2-6H2,1H3,(H2,10,11,12). The second-order valence-corrected chi connectivity index (χ2v) is 2.95. The third kappa shape index (κ3) is 3.09. The summed E-state index contributed by atoms with van der Waals surface area (Å²) in [5.41, 5.74) is 0. The lowest BCUT2D eigenvalue weighted by molar-refractivity contribution is 0.234. The van der Waals surface area contributed by atoms with Crippen molar-refractivity contribution < 1.29 is 4.79 Å². The highest BCUT2D eigenvalue weighted by Gasteiger charge is 2.14. The summed E-state index contributed by atoms with van der Waals surface area (Å²) >= 11 is 0. The molecule has 0 unspecified atom stereocenters. The van der Waals surface area contributed by atoms with Crippen molar-refractivity contribution in [2.24, 2.45) is 0 Å². The monoisotopic (exact) mass is 170 g/mol. The molecule has 0 aromatic heterocycles. The van der Waals surface area contributed by atoms with Crippen LogP contribution in [0.1, 0.15) is 19.8 Å². The molecule has 1 heterocycles. The minimum absolute atomic E-state index is 0.0515. The number of nitrogens with one attached hydrogen (secondary N) is 2. The Labute approximate surface area is 73.1 Å². The van der Waals surface area contributed by atoms with Gasteiger partial charge in [-0.25, -0.2) is 10.1 Å². The number of carbonyl (C=O) groups excluding carboxylic acids is 1. The molecule has 1 aliphatic heterocycles. The Hall–Kier alpha value is -0.770. The molecule has 12 heavy (non-hydrogen) atoms. The quantitative estimate of drug-likeness (QED) is 0.605. The normalized spacial score (nSPS) is 18.8. The number of hydrogen-bond acceptors (Lipinski definition) is 1. The summed E-state index contributed by atoms with van der Waals surface area (Å²) in [5.74, 6) is 0. The van der Waals surface area contributed by atoms with Gasteiger partial charge in [-0.05, 0) is 19.8 Å². The first-order chi connectivity index (χ1) is 5.83. The van der Waals surface area contributed by atoms with Crippen molar-refractivity contribution in [3.8, 4) is 0 Å². The molecule has 1 radical (unpaired) electrons. The van der Waals surface area contributed by atoms with E-state index in [2.05, 4.69) is 16.0 Å². The van der Waals surface area contributed by atoms with Gasteiger partial charge < -0.3 is 10.6 Å². The molecule has 1 aliphatic rings. The summed E-state index contributed by atoms with van der Waals surface area (Å²) in [6, 6.07) is 0.276. The molecule has 2 amide bonds. The molecule has 1 fully saturated rings. The smallest absolute Gasteiger partial charge is 0.314 e. The second-order valence-electron chi connectivity index (χ2n) is 2.95. The second kappa shape index (κ2) is 4.98. The Balaban J connectivity index is 2.15. The molecule has 0 aromatic carbocycles. The van der Waals surface area contributed by atoms with Gasteiger partial charge in [-0.2, -0.15) is 0 Å². The number of nitrogens with zero attached hydrogens (tertiary/aromatic N) is 1. The van der Waals surface area contributed by atoms with Crippen molar-refractivity contribution in [3.63, 3.8) is 0 Å². The SMILES string of the molecule is CCNC(=O)NC1CC[N]CC1. The van der Waals surface area contributed by atoms with E-state index < -0.39 is 0 Å². The van der Waals surface area contributed by atoms with Crippen LogP contribution in [-0.4, -0.2) is 31.7 Å². The molecule has 0 aliphatic carbocycles. The maximum Gasteiger partial charge on any atom is 0.314 e. The minimum atomic E-state index is -0.0515. The van der Waals surface area contributed by atoms with Gasteiger partial charge in [-0.1, -0.05) is 0 Å². The summed E-state index contributed by atoms with van der Waals surface area (Å²) in [6.07, 6.45) is 1.97. The summed E-state index contributed by atoms with van der Waals surface area (Å²) in [5, 5.41) is 9.83. The molecule has 69 valence electrons. The van der Waals surface area contributed by atoms with Gasteiger partial charge in [-0.3, -0.25) is 0 Å². The van der Waals surface area contributed by atoms with Gasteiger partial charge in [-0.15, -0.1) is 0 Å². The minimum Gasteiger partial charge on any atom is -0.338 e. The number of urea groups is 1. The van der Waals surface area contributed by atoms with Gasteiger partial charge in [0.05, 0.1) is 0 Å². The van der Waals surface area contributed by atoms with Crippen LogP contribution in [0.5, 0.6) is 0 Å². The van der Waals surface area contributed by atoms with E-state index in [0.717, 1.165) is 25.9 Å². The van der Waals surface area contributed by atoms with E-state index in [-0.39, 0.29) is 6.03 Å². The summed E-state index contributed by atoms with van der Waals surface area (Å²) < 4.78 is 0. The molecule has 0 saturated carbocycles. The zero-order valence-electron chi connectivity index (χ0n) is 7.47. The zero-order chi connectivity index (χ0) is 8.81. The zero-order valence-corrected chi connectivity index (χ0v) is 7.47. The highest BCUT2D eigenvalue weighted by atomic mass is 16.2. The van der Waals surface area contributed by atoms with Crippen LogP contribution in [0.2, 0.25) is 0 Å². The molecule has 0 atom stereocenters. The summed E-state index contributed by atoms with van der Waals surface area (Å²) in [4.78, 5) is 11.1. The van der Waals surface area contributed by atoms with E-state index in [1.165, 1.54) is 0 Å². The Morgan fingerprint density at radius 1 is 1.50 bits per heavy atom. The summed E-state index contributed by atoms with van der Waals surface area (Å²) in [6.45, 7) is 4.37. The van der Waals surface area contributed by atoms with E-state index in [1.54, 1.807) is 0 Å². The first kappa shape index (κ1) is 9.32. The molecule has 4 nitrogen and oxygen atoms in total. The van der Waals surface area contributed by atoms with Gasteiger partial charge >= 0.3 is 6.03 Å². The third-order valence-corrected chi connectivity index (χ3v) is 1.94. The number of carbonyl (C=O) groups is 1. The van der Waals surface area contributed by atoms with E-state index in [4.69, 9.17) is 0 Å². The highest BCUT2D eigenvalue weighted by Crippen LogP contribution is 2.02. The van der Waals surface area contributed by atoms with Gasteiger partial charge in [0.2, 0.25) is 0 Å². The van der Waals surface area contributed by atoms with E-state index in [1.807, 2.05) is 6.92 Å². The van der Waals surface area contributed by atoms with Gasteiger partial charge in [0.25, 0.3) is 0 Å². The van der Waals surface area contributed by atoms with Crippen LogP contribution in [-0.2, 0) is 0 Å². The predicted molar refractivity (Wildman–Crippen MR) is 47.1 cm³/mol. The number of rotatable bonds is 2. The molecule has 0 aromatic rings. The Morgan fingerprint density at radius 3 is 2.75 bits per heavy atom. The Morgan fingerprint density at radius 2 is 2.17 bits per heavy atom. The predicted octanol–water partition coefficient (Wildman–Crippen LogP) is 0.0723. The van der Waals surface area contributed by atoms with Crippen LogP contribution in [0.15, 0.2) is 0 Å². The molecule has 2 N–H and O–H groups in total. The van der Waals surface area contributed by atoms with E-state index in [0.29, 0.717) is 12.6 Å². The van der Waals surface area contributed by atoms with Crippen LogP contribution >= 0.6 is 0 Å². The van der Waals surface area contributed by atoms with Crippen LogP contribution in [0.25, 0.3) is 0 Å². The number of amides is 2. The Bertz CT molecular complexity index is 143. The molecule has 4 heteroatoms. The summed E-state index contributed by atoms with van der Waals surface area (Å²) in [7, 11) is 0.